The van der Waals surface area contributed by atoms with E-state index in [0.29, 0.717) is 17.9 Å². The van der Waals surface area contributed by atoms with E-state index in [4.69, 9.17) is 4.74 Å². The molecule has 0 aliphatic rings. The molecule has 162 valence electrons. The number of ether oxygens (including phenoxy) is 1. The van der Waals surface area contributed by atoms with E-state index in [0.717, 1.165) is 42.0 Å². The molecule has 0 bridgehead atoms. The molecule has 0 spiro atoms. The lowest BCUT2D eigenvalue weighted by atomic mass is 10.1. The van der Waals surface area contributed by atoms with E-state index in [-0.39, 0.29) is 11.9 Å². The Morgan fingerprint density at radius 1 is 1.30 bits per heavy atom. The van der Waals surface area contributed by atoms with Gasteiger partial charge in [0.1, 0.15) is 23.0 Å². The molecule has 0 radical (unpaired) electrons. The van der Waals surface area contributed by atoms with Gasteiger partial charge in [0.25, 0.3) is 5.91 Å². The van der Waals surface area contributed by atoms with Crippen LogP contribution in [0.5, 0.6) is 5.75 Å². The maximum Gasteiger partial charge on any atom is 0.257 e. The molecular weight excluding hydrogens is 396 g/mol. The highest BCUT2D eigenvalue weighted by atomic mass is 32.2. The van der Waals surface area contributed by atoms with Crippen molar-refractivity contribution >= 4 is 23.5 Å². The molecule has 0 aliphatic carbocycles. The third kappa shape index (κ3) is 6.49. The number of rotatable bonds is 11. The van der Waals surface area contributed by atoms with Crippen LogP contribution < -0.4 is 15.4 Å². The number of benzene rings is 1. The van der Waals surface area contributed by atoms with Crippen LogP contribution in [0.4, 0.5) is 5.82 Å². The van der Waals surface area contributed by atoms with E-state index >= 15 is 0 Å². The van der Waals surface area contributed by atoms with Crippen molar-refractivity contribution in [3.8, 4) is 5.75 Å². The number of methoxy groups -OCH3 is 1. The van der Waals surface area contributed by atoms with Gasteiger partial charge >= 0.3 is 0 Å². The van der Waals surface area contributed by atoms with Gasteiger partial charge in [-0.1, -0.05) is 38.1 Å². The van der Waals surface area contributed by atoms with E-state index in [1.54, 1.807) is 25.1 Å². The Balaban J connectivity index is 2.28. The molecule has 2 N–H and O–H groups in total. The molecule has 6 nitrogen and oxygen atoms in total. The number of aromatic nitrogens is 2. The van der Waals surface area contributed by atoms with Crippen molar-refractivity contribution in [1.82, 2.24) is 15.3 Å². The molecule has 7 heteroatoms. The Hall–Kier alpha value is -2.54. The molecule has 0 fully saturated rings. The molecule has 0 saturated heterocycles. The number of carbonyl (C=O) groups is 1. The second-order valence-corrected chi connectivity index (χ2v) is 7.69. The van der Waals surface area contributed by atoms with Gasteiger partial charge in [-0.05, 0) is 37.0 Å². The zero-order valence-electron chi connectivity index (χ0n) is 18.5. The van der Waals surface area contributed by atoms with Crippen LogP contribution in [-0.2, 0) is 19.4 Å². The minimum atomic E-state index is -0.201. The number of hydrogen-bond acceptors (Lipinski definition) is 6. The predicted octanol–water partition coefficient (Wildman–Crippen LogP) is 4.61. The van der Waals surface area contributed by atoms with Gasteiger partial charge in [-0.2, -0.15) is 0 Å². The minimum absolute atomic E-state index is 0.0885. The topological polar surface area (TPSA) is 76.1 Å². The van der Waals surface area contributed by atoms with Gasteiger partial charge in [0.15, 0.2) is 0 Å². The highest BCUT2D eigenvalue weighted by Crippen LogP contribution is 2.25. The highest BCUT2D eigenvalue weighted by Gasteiger charge is 2.17. The van der Waals surface area contributed by atoms with Crippen LogP contribution >= 0.6 is 11.8 Å². The van der Waals surface area contributed by atoms with E-state index in [1.165, 1.54) is 0 Å². The summed E-state index contributed by atoms with van der Waals surface area (Å²) < 4.78 is 5.62. The smallest absolute Gasteiger partial charge is 0.257 e. The van der Waals surface area contributed by atoms with E-state index in [2.05, 4.69) is 40.5 Å². The minimum Gasteiger partial charge on any atom is -0.496 e. The summed E-state index contributed by atoms with van der Waals surface area (Å²) in [7, 11) is 1.68. The number of anilines is 1. The summed E-state index contributed by atoms with van der Waals surface area (Å²) in [5, 5.41) is 8.27. The second-order valence-electron chi connectivity index (χ2n) is 6.94. The predicted molar refractivity (Wildman–Crippen MR) is 125 cm³/mol. The highest BCUT2D eigenvalue weighted by molar-refractivity contribution is 8.01. The number of aryl methyl sites for hydroxylation is 2. The van der Waals surface area contributed by atoms with Crippen molar-refractivity contribution in [2.24, 2.45) is 0 Å². The van der Waals surface area contributed by atoms with Crippen LogP contribution in [0.1, 0.15) is 54.5 Å². The molecule has 30 heavy (non-hydrogen) atoms. The number of hydrogen-bond donors (Lipinski definition) is 2. The number of nitrogens with zero attached hydrogens (tertiary/aromatic N) is 2. The number of nitrogens with one attached hydrogen (secondary N) is 2. The number of para-hydroxylation sites is 1. The zero-order valence-corrected chi connectivity index (χ0v) is 19.3. The maximum atomic E-state index is 12.8. The maximum absolute atomic E-state index is 12.8. The Bertz CT molecular complexity index is 870. The molecular formula is C23H32N4O2S. The lowest BCUT2D eigenvalue weighted by Gasteiger charge is -2.16. The van der Waals surface area contributed by atoms with Gasteiger partial charge in [0, 0.05) is 30.8 Å². The molecule has 2 aromatic rings. The normalized spacial score (nSPS) is 12.0. The largest absolute Gasteiger partial charge is 0.496 e. The summed E-state index contributed by atoms with van der Waals surface area (Å²) in [4.78, 5) is 21.8. The molecule has 1 aromatic carbocycles. The molecule has 0 saturated carbocycles. The fourth-order valence-corrected chi connectivity index (χ4v) is 3.48. The van der Waals surface area contributed by atoms with Gasteiger partial charge in [-0.3, -0.25) is 4.79 Å². The zero-order chi connectivity index (χ0) is 21.9. The summed E-state index contributed by atoms with van der Waals surface area (Å²) in [6.07, 6.45) is 8.13. The molecule has 0 aliphatic heterocycles. The van der Waals surface area contributed by atoms with E-state index < -0.39 is 0 Å². The summed E-state index contributed by atoms with van der Waals surface area (Å²) in [5.41, 5.74) is 2.61. The first kappa shape index (κ1) is 23.7. The van der Waals surface area contributed by atoms with Gasteiger partial charge in [-0.15, -0.1) is 11.8 Å². The first-order chi connectivity index (χ1) is 14.5. The third-order valence-electron chi connectivity index (χ3n) is 4.63. The fourth-order valence-electron chi connectivity index (χ4n) is 3.09. The van der Waals surface area contributed by atoms with Crippen LogP contribution in [-0.4, -0.2) is 35.3 Å². The van der Waals surface area contributed by atoms with Crippen LogP contribution in [0, 0.1) is 0 Å². The Labute approximate surface area is 183 Å². The molecule has 1 atom stereocenters. The SMILES string of the molecule is CCCc1ncc(C(=O)NC(C)/C=C/SC)c(NCc2cccc(CC)c2OC)n1. The van der Waals surface area contributed by atoms with Crippen molar-refractivity contribution in [2.75, 3.05) is 18.7 Å². The first-order valence-corrected chi connectivity index (χ1v) is 11.6. The number of carbonyl (C=O) groups excluding carboxylic acids is 1. The van der Waals surface area contributed by atoms with Crippen LogP contribution in [0.2, 0.25) is 0 Å². The van der Waals surface area contributed by atoms with Gasteiger partial charge in [-0.25, -0.2) is 9.97 Å². The monoisotopic (exact) mass is 428 g/mol. The van der Waals surface area contributed by atoms with Crippen LogP contribution in [0.3, 0.4) is 0 Å². The van der Waals surface area contributed by atoms with Crippen molar-refractivity contribution in [1.29, 1.82) is 0 Å². The second kappa shape index (κ2) is 12.2. The quantitative estimate of drug-likeness (QED) is 0.544. The number of amides is 1. The standard InChI is InChI=1S/C23H32N4O2S/c1-6-9-20-24-15-19(23(28)26-16(3)12-13-30-5)22(27-20)25-14-18-11-8-10-17(7-2)21(18)29-4/h8,10-13,15-16H,6-7,9,14H2,1-5H3,(H,26,28)(H,24,25,27)/b13-12+. The van der Waals surface area contributed by atoms with E-state index in [9.17, 15) is 4.79 Å². The summed E-state index contributed by atoms with van der Waals surface area (Å²) in [6, 6.07) is 6.02. The van der Waals surface area contributed by atoms with Gasteiger partial charge < -0.3 is 15.4 Å². The van der Waals surface area contributed by atoms with Crippen molar-refractivity contribution in [3.63, 3.8) is 0 Å². The molecule has 1 aromatic heterocycles. The van der Waals surface area contributed by atoms with Gasteiger partial charge in [0.2, 0.25) is 0 Å². The lowest BCUT2D eigenvalue weighted by molar-refractivity contribution is 0.0947. The summed E-state index contributed by atoms with van der Waals surface area (Å²) in [6.45, 7) is 6.62. The van der Waals surface area contributed by atoms with Crippen molar-refractivity contribution < 1.29 is 9.53 Å². The Morgan fingerprint density at radius 2 is 2.07 bits per heavy atom. The Morgan fingerprint density at radius 3 is 2.73 bits per heavy atom. The van der Waals surface area contributed by atoms with Crippen LogP contribution in [0.15, 0.2) is 35.9 Å². The lowest BCUT2D eigenvalue weighted by Crippen LogP contribution is -2.32. The fraction of sp³-hybridized carbons (Fsp3) is 0.435. The van der Waals surface area contributed by atoms with Gasteiger partial charge in [0.05, 0.1) is 7.11 Å². The number of thioether (sulfide) groups is 1. The first-order valence-electron chi connectivity index (χ1n) is 10.3. The summed E-state index contributed by atoms with van der Waals surface area (Å²) >= 11 is 1.59. The van der Waals surface area contributed by atoms with Crippen LogP contribution in [0.25, 0.3) is 0 Å². The average Bonchev–Trinajstić information content (AvgIpc) is 2.76. The van der Waals surface area contributed by atoms with E-state index in [1.807, 2.05) is 36.8 Å². The molecule has 2 rings (SSSR count). The third-order valence-corrected chi connectivity index (χ3v) is 5.06. The van der Waals surface area contributed by atoms with Crippen molar-refractivity contribution in [3.05, 3.63) is 58.4 Å². The molecule has 1 amide bonds. The average molecular weight is 429 g/mol. The van der Waals surface area contributed by atoms with Crippen molar-refractivity contribution in [2.45, 2.75) is 52.6 Å². The summed E-state index contributed by atoms with van der Waals surface area (Å²) in [5.74, 6) is 1.93. The molecule has 1 unspecified atom stereocenters. The Kier molecular flexibility index (Phi) is 9.67. The molecule has 1 heterocycles.